The second-order valence-corrected chi connectivity index (χ2v) is 7.79. The summed E-state index contributed by atoms with van der Waals surface area (Å²) >= 11 is 0. The van der Waals surface area contributed by atoms with Crippen molar-refractivity contribution >= 4 is 16.6 Å². The lowest BCUT2D eigenvalue weighted by Crippen LogP contribution is -2.33. The van der Waals surface area contributed by atoms with E-state index in [0.717, 1.165) is 34.3 Å². The smallest absolute Gasteiger partial charge is 0.277 e. The lowest BCUT2D eigenvalue weighted by molar-refractivity contribution is 0.565. The molecule has 0 aliphatic carbocycles. The molecule has 0 fully saturated rings. The van der Waals surface area contributed by atoms with Gasteiger partial charge in [0.15, 0.2) is 0 Å². The largest absolute Gasteiger partial charge is 0.372 e. The lowest BCUT2D eigenvalue weighted by atomic mass is 9.96. The van der Waals surface area contributed by atoms with Crippen molar-refractivity contribution in [1.29, 1.82) is 0 Å². The number of hydrogen-bond acceptors (Lipinski definition) is 5. The summed E-state index contributed by atoms with van der Waals surface area (Å²) in [4.78, 5) is 25.0. The summed E-state index contributed by atoms with van der Waals surface area (Å²) in [5.74, 6) is -0.263. The number of rotatable bonds is 6. The fourth-order valence-electron chi connectivity index (χ4n) is 4.04. The van der Waals surface area contributed by atoms with Crippen LogP contribution in [-0.4, -0.2) is 26.1 Å². The Kier molecular flexibility index (Phi) is 5.21. The first-order valence-corrected chi connectivity index (χ1v) is 10.4. The molecule has 4 aromatic rings. The van der Waals surface area contributed by atoms with E-state index in [1.54, 1.807) is 29.2 Å². The van der Waals surface area contributed by atoms with Crippen molar-refractivity contribution in [3.05, 3.63) is 88.2 Å². The molecule has 4 heterocycles. The normalized spacial score (nSPS) is 15.6. The zero-order valence-electron chi connectivity index (χ0n) is 16.9. The van der Waals surface area contributed by atoms with Gasteiger partial charge >= 0.3 is 0 Å². The summed E-state index contributed by atoms with van der Waals surface area (Å²) in [6, 6.07) is 10.4. The Morgan fingerprint density at radius 3 is 2.94 bits per heavy atom. The molecular weight excluding hydrogens is 395 g/mol. The summed E-state index contributed by atoms with van der Waals surface area (Å²) < 4.78 is 14.9. The zero-order valence-corrected chi connectivity index (χ0v) is 16.9. The molecule has 1 aliphatic rings. The van der Waals surface area contributed by atoms with Gasteiger partial charge in [-0.1, -0.05) is 12.1 Å². The average Bonchev–Trinajstić information content (AvgIpc) is 3.21. The molecule has 1 atom stereocenters. The number of halogens is 1. The van der Waals surface area contributed by atoms with Gasteiger partial charge in [0.25, 0.3) is 5.56 Å². The van der Waals surface area contributed by atoms with E-state index in [1.807, 2.05) is 12.3 Å². The van der Waals surface area contributed by atoms with Crippen LogP contribution in [0.5, 0.6) is 0 Å². The van der Waals surface area contributed by atoms with E-state index in [2.05, 4.69) is 31.7 Å². The molecule has 1 aliphatic heterocycles. The highest BCUT2D eigenvalue weighted by molar-refractivity contribution is 5.79. The molecule has 0 spiro atoms. The van der Waals surface area contributed by atoms with Crippen LogP contribution in [0.1, 0.15) is 29.4 Å². The minimum absolute atomic E-state index is 0.0203. The zero-order chi connectivity index (χ0) is 21.2. The highest BCUT2D eigenvalue weighted by Gasteiger charge is 2.23. The molecule has 0 bridgehead atoms. The number of H-pyrrole nitrogens is 1. The van der Waals surface area contributed by atoms with Gasteiger partial charge in [0, 0.05) is 48.6 Å². The number of aryl methyl sites for hydroxylation is 1. The van der Waals surface area contributed by atoms with Crippen molar-refractivity contribution in [1.82, 2.24) is 24.8 Å². The van der Waals surface area contributed by atoms with E-state index in [4.69, 9.17) is 0 Å². The highest BCUT2D eigenvalue weighted by atomic mass is 19.1. The maximum Gasteiger partial charge on any atom is 0.277 e. The molecule has 0 saturated carbocycles. The SMILES string of the molecule is O=c1c2c(ncn1CCNCc1cc3cnccc3[nH]1)CC[C@@H](c1ccc(F)cc1)N2. The van der Waals surface area contributed by atoms with Crippen LogP contribution in [-0.2, 0) is 19.5 Å². The fourth-order valence-corrected chi connectivity index (χ4v) is 4.04. The van der Waals surface area contributed by atoms with Gasteiger partial charge in [-0.25, -0.2) is 9.37 Å². The third-order valence-corrected chi connectivity index (χ3v) is 5.70. The van der Waals surface area contributed by atoms with Crippen LogP contribution in [0, 0.1) is 5.82 Å². The van der Waals surface area contributed by atoms with Crippen LogP contribution in [0.4, 0.5) is 10.1 Å². The Balaban J connectivity index is 1.23. The van der Waals surface area contributed by atoms with Gasteiger partial charge in [-0.3, -0.25) is 14.3 Å². The molecule has 0 saturated heterocycles. The summed E-state index contributed by atoms with van der Waals surface area (Å²) in [7, 11) is 0. The van der Waals surface area contributed by atoms with Crippen molar-refractivity contribution in [3.8, 4) is 0 Å². The third-order valence-electron chi connectivity index (χ3n) is 5.70. The second-order valence-electron chi connectivity index (χ2n) is 7.79. The molecule has 3 aromatic heterocycles. The minimum Gasteiger partial charge on any atom is -0.372 e. The number of nitrogens with zero attached hydrogens (tertiary/aromatic N) is 3. The third kappa shape index (κ3) is 4.06. The average molecular weight is 418 g/mol. The Hall–Kier alpha value is -3.52. The van der Waals surface area contributed by atoms with Gasteiger partial charge in [-0.05, 0) is 42.7 Å². The fraction of sp³-hybridized carbons (Fsp3) is 0.261. The quantitative estimate of drug-likeness (QED) is 0.419. The van der Waals surface area contributed by atoms with Gasteiger partial charge in [0.05, 0.1) is 18.1 Å². The lowest BCUT2D eigenvalue weighted by Gasteiger charge is -2.26. The van der Waals surface area contributed by atoms with Gasteiger partial charge in [0.1, 0.15) is 11.5 Å². The van der Waals surface area contributed by atoms with Crippen LogP contribution in [0.25, 0.3) is 10.9 Å². The predicted molar refractivity (Wildman–Crippen MR) is 117 cm³/mol. The van der Waals surface area contributed by atoms with E-state index in [-0.39, 0.29) is 17.4 Å². The summed E-state index contributed by atoms with van der Waals surface area (Å²) in [6.07, 6.45) is 6.75. The first-order chi connectivity index (χ1) is 15.2. The van der Waals surface area contributed by atoms with E-state index in [1.165, 1.54) is 12.1 Å². The van der Waals surface area contributed by atoms with Gasteiger partial charge in [-0.2, -0.15) is 0 Å². The van der Waals surface area contributed by atoms with E-state index in [0.29, 0.717) is 31.7 Å². The predicted octanol–water partition coefficient (Wildman–Crippen LogP) is 3.15. The number of benzene rings is 1. The van der Waals surface area contributed by atoms with E-state index in [9.17, 15) is 9.18 Å². The van der Waals surface area contributed by atoms with Crippen LogP contribution in [0.2, 0.25) is 0 Å². The molecule has 1 aromatic carbocycles. The Labute approximate surface area is 178 Å². The van der Waals surface area contributed by atoms with Crippen LogP contribution in [0.15, 0.2) is 59.9 Å². The Bertz CT molecular complexity index is 1230. The molecule has 7 nitrogen and oxygen atoms in total. The van der Waals surface area contributed by atoms with Crippen LogP contribution in [0.3, 0.4) is 0 Å². The number of pyridine rings is 1. The monoisotopic (exact) mass is 418 g/mol. The molecule has 8 heteroatoms. The molecule has 3 N–H and O–H groups in total. The van der Waals surface area contributed by atoms with Crippen LogP contribution < -0.4 is 16.2 Å². The molecule has 31 heavy (non-hydrogen) atoms. The molecule has 0 radical (unpaired) electrons. The highest BCUT2D eigenvalue weighted by Crippen LogP contribution is 2.29. The maximum absolute atomic E-state index is 13.2. The first kappa shape index (κ1) is 19.4. The molecule has 0 amide bonds. The summed E-state index contributed by atoms with van der Waals surface area (Å²) in [5, 5.41) is 7.77. The summed E-state index contributed by atoms with van der Waals surface area (Å²) in [6.45, 7) is 1.83. The molecule has 5 rings (SSSR count). The van der Waals surface area contributed by atoms with Gasteiger partial charge in [0.2, 0.25) is 0 Å². The van der Waals surface area contributed by atoms with E-state index >= 15 is 0 Å². The number of aromatic amines is 1. The molecule has 0 unspecified atom stereocenters. The molecule has 158 valence electrons. The van der Waals surface area contributed by atoms with Crippen molar-refractivity contribution in [2.75, 3.05) is 11.9 Å². The number of nitrogens with one attached hydrogen (secondary N) is 3. The van der Waals surface area contributed by atoms with Crippen molar-refractivity contribution in [2.45, 2.75) is 32.0 Å². The second kappa shape index (κ2) is 8.31. The summed E-state index contributed by atoms with van der Waals surface area (Å²) in [5.41, 5.74) is 4.37. The van der Waals surface area contributed by atoms with E-state index < -0.39 is 0 Å². The maximum atomic E-state index is 13.2. The number of hydrogen-bond donors (Lipinski definition) is 3. The topological polar surface area (TPSA) is 87.6 Å². The first-order valence-electron chi connectivity index (χ1n) is 10.4. The number of aromatic nitrogens is 4. The Morgan fingerprint density at radius 2 is 2.10 bits per heavy atom. The minimum atomic E-state index is -0.263. The van der Waals surface area contributed by atoms with Crippen molar-refractivity contribution in [3.63, 3.8) is 0 Å². The van der Waals surface area contributed by atoms with Crippen molar-refractivity contribution < 1.29 is 4.39 Å². The van der Waals surface area contributed by atoms with Crippen LogP contribution >= 0.6 is 0 Å². The standard InChI is InChI=1S/C23H23FN6O/c24-17-3-1-15(2-4-17)19-5-6-21-22(29-19)23(31)30(14-27-21)10-9-26-13-18-11-16-12-25-8-7-20(16)28-18/h1-4,7-8,11-12,14,19,26,28-29H,5-6,9-10,13H2/t19-/m0/s1. The molecular formula is C23H23FN6O. The number of anilines is 1. The van der Waals surface area contributed by atoms with Gasteiger partial charge < -0.3 is 15.6 Å². The number of fused-ring (bicyclic) bond motifs is 2. The van der Waals surface area contributed by atoms with Gasteiger partial charge in [-0.15, -0.1) is 0 Å². The Morgan fingerprint density at radius 1 is 1.23 bits per heavy atom. The van der Waals surface area contributed by atoms with Crippen molar-refractivity contribution in [2.24, 2.45) is 0 Å².